The second-order valence-corrected chi connectivity index (χ2v) is 4.78. The molecule has 0 fully saturated rings. The molecule has 1 atom stereocenters. The van der Waals surface area contributed by atoms with Crippen LogP contribution in [0.15, 0.2) is 18.2 Å². The van der Waals surface area contributed by atoms with Gasteiger partial charge in [-0.1, -0.05) is 0 Å². The van der Waals surface area contributed by atoms with Crippen LogP contribution in [0.1, 0.15) is 26.2 Å². The molecule has 1 aromatic carbocycles. The van der Waals surface area contributed by atoms with Gasteiger partial charge in [-0.3, -0.25) is 4.79 Å². The monoisotopic (exact) mass is 264 g/mol. The number of fused-ring (bicyclic) bond motifs is 1. The van der Waals surface area contributed by atoms with Gasteiger partial charge in [-0.2, -0.15) is 0 Å². The van der Waals surface area contributed by atoms with Crippen LogP contribution in [0.4, 0.5) is 5.69 Å². The molecule has 0 spiro atoms. The SMILES string of the molecule is CC(N)CCCC(=O)Nc1ccc2c(c1)OCCO2. The van der Waals surface area contributed by atoms with Gasteiger partial charge in [0.25, 0.3) is 0 Å². The molecule has 1 unspecified atom stereocenters. The Hall–Kier alpha value is -1.75. The van der Waals surface area contributed by atoms with Crippen LogP contribution in [0, 0.1) is 0 Å². The normalized spacial score (nSPS) is 14.8. The zero-order valence-corrected chi connectivity index (χ0v) is 11.1. The van der Waals surface area contributed by atoms with E-state index >= 15 is 0 Å². The van der Waals surface area contributed by atoms with Gasteiger partial charge in [0, 0.05) is 24.2 Å². The van der Waals surface area contributed by atoms with E-state index in [-0.39, 0.29) is 11.9 Å². The van der Waals surface area contributed by atoms with Crippen molar-refractivity contribution in [2.45, 2.75) is 32.2 Å². The Labute approximate surface area is 113 Å². The summed E-state index contributed by atoms with van der Waals surface area (Å²) in [5, 5.41) is 2.85. The van der Waals surface area contributed by atoms with Crippen molar-refractivity contribution in [3.05, 3.63) is 18.2 Å². The summed E-state index contributed by atoms with van der Waals surface area (Å²) in [4.78, 5) is 11.7. The van der Waals surface area contributed by atoms with E-state index in [1.807, 2.05) is 19.1 Å². The zero-order valence-electron chi connectivity index (χ0n) is 11.1. The molecule has 0 saturated carbocycles. The lowest BCUT2D eigenvalue weighted by Crippen LogP contribution is -2.17. The maximum absolute atomic E-state index is 11.7. The molecule has 2 rings (SSSR count). The first-order valence-corrected chi connectivity index (χ1v) is 6.60. The van der Waals surface area contributed by atoms with Crippen molar-refractivity contribution in [2.75, 3.05) is 18.5 Å². The number of nitrogens with one attached hydrogen (secondary N) is 1. The van der Waals surface area contributed by atoms with Gasteiger partial charge in [-0.15, -0.1) is 0 Å². The summed E-state index contributed by atoms with van der Waals surface area (Å²) in [7, 11) is 0. The summed E-state index contributed by atoms with van der Waals surface area (Å²) in [6.07, 6.45) is 2.14. The van der Waals surface area contributed by atoms with Crippen molar-refractivity contribution in [1.82, 2.24) is 0 Å². The van der Waals surface area contributed by atoms with Gasteiger partial charge >= 0.3 is 0 Å². The molecule has 19 heavy (non-hydrogen) atoms. The molecule has 5 nitrogen and oxygen atoms in total. The highest BCUT2D eigenvalue weighted by atomic mass is 16.6. The standard InChI is InChI=1S/C14H20N2O3/c1-10(15)3-2-4-14(17)16-11-5-6-12-13(9-11)19-8-7-18-12/h5-6,9-10H,2-4,7-8,15H2,1H3,(H,16,17). The van der Waals surface area contributed by atoms with E-state index in [4.69, 9.17) is 15.2 Å². The van der Waals surface area contributed by atoms with Crippen LogP contribution >= 0.6 is 0 Å². The number of hydrogen-bond acceptors (Lipinski definition) is 4. The Bertz CT molecular complexity index is 446. The van der Waals surface area contributed by atoms with Crippen molar-refractivity contribution >= 4 is 11.6 Å². The molecule has 104 valence electrons. The van der Waals surface area contributed by atoms with Crippen LogP contribution in [-0.4, -0.2) is 25.2 Å². The molecular weight excluding hydrogens is 244 g/mol. The lowest BCUT2D eigenvalue weighted by Gasteiger charge is -2.19. The lowest BCUT2D eigenvalue weighted by molar-refractivity contribution is -0.116. The van der Waals surface area contributed by atoms with Crippen molar-refractivity contribution in [2.24, 2.45) is 5.73 Å². The van der Waals surface area contributed by atoms with Crippen LogP contribution < -0.4 is 20.5 Å². The predicted molar refractivity (Wildman–Crippen MR) is 73.6 cm³/mol. The molecule has 1 amide bonds. The predicted octanol–water partition coefficient (Wildman–Crippen LogP) is 1.91. The van der Waals surface area contributed by atoms with E-state index < -0.39 is 0 Å². The maximum atomic E-state index is 11.7. The Kier molecular flexibility index (Phi) is 4.63. The third-order valence-corrected chi connectivity index (χ3v) is 2.89. The summed E-state index contributed by atoms with van der Waals surface area (Å²) in [6.45, 7) is 3.05. The number of carbonyl (C=O) groups is 1. The minimum Gasteiger partial charge on any atom is -0.486 e. The fourth-order valence-electron chi connectivity index (χ4n) is 1.93. The van der Waals surface area contributed by atoms with Crippen molar-refractivity contribution in [3.8, 4) is 11.5 Å². The van der Waals surface area contributed by atoms with Gasteiger partial charge in [0.05, 0.1) is 0 Å². The van der Waals surface area contributed by atoms with Crippen molar-refractivity contribution in [1.29, 1.82) is 0 Å². The molecule has 5 heteroatoms. The third-order valence-electron chi connectivity index (χ3n) is 2.89. The summed E-state index contributed by atoms with van der Waals surface area (Å²) < 4.78 is 10.9. The minimum atomic E-state index is -0.00247. The Morgan fingerprint density at radius 1 is 1.37 bits per heavy atom. The number of amides is 1. The Morgan fingerprint density at radius 3 is 2.84 bits per heavy atom. The van der Waals surface area contributed by atoms with Crippen LogP contribution in [0.25, 0.3) is 0 Å². The Morgan fingerprint density at radius 2 is 2.11 bits per heavy atom. The molecule has 1 aromatic rings. The molecule has 0 radical (unpaired) electrons. The first-order chi connectivity index (χ1) is 9.15. The first kappa shape index (κ1) is 13.7. The quantitative estimate of drug-likeness (QED) is 0.852. The smallest absolute Gasteiger partial charge is 0.224 e. The molecule has 1 aliphatic heterocycles. The average Bonchev–Trinajstić information content (AvgIpc) is 2.38. The van der Waals surface area contributed by atoms with Gasteiger partial charge < -0.3 is 20.5 Å². The van der Waals surface area contributed by atoms with Crippen LogP contribution in [-0.2, 0) is 4.79 Å². The van der Waals surface area contributed by atoms with E-state index in [2.05, 4.69) is 5.32 Å². The highest BCUT2D eigenvalue weighted by Gasteiger charge is 2.12. The van der Waals surface area contributed by atoms with Crippen LogP contribution in [0.3, 0.4) is 0 Å². The van der Waals surface area contributed by atoms with Gasteiger partial charge in [0.2, 0.25) is 5.91 Å². The van der Waals surface area contributed by atoms with Gasteiger partial charge in [0.1, 0.15) is 13.2 Å². The molecule has 3 N–H and O–H groups in total. The van der Waals surface area contributed by atoms with Crippen molar-refractivity contribution in [3.63, 3.8) is 0 Å². The average molecular weight is 264 g/mol. The van der Waals surface area contributed by atoms with E-state index in [0.717, 1.165) is 24.3 Å². The number of carbonyl (C=O) groups excluding carboxylic acids is 1. The molecule has 0 aliphatic carbocycles. The highest BCUT2D eigenvalue weighted by molar-refractivity contribution is 5.91. The number of ether oxygens (including phenoxy) is 2. The topological polar surface area (TPSA) is 73.6 Å². The van der Waals surface area contributed by atoms with E-state index in [1.165, 1.54) is 0 Å². The van der Waals surface area contributed by atoms with E-state index in [1.54, 1.807) is 6.07 Å². The summed E-state index contributed by atoms with van der Waals surface area (Å²) in [6, 6.07) is 5.56. The fraction of sp³-hybridized carbons (Fsp3) is 0.500. The molecule has 0 aromatic heterocycles. The fourth-order valence-corrected chi connectivity index (χ4v) is 1.93. The number of nitrogens with two attached hydrogens (primary N) is 1. The molecular formula is C14H20N2O3. The highest BCUT2D eigenvalue weighted by Crippen LogP contribution is 2.32. The van der Waals surface area contributed by atoms with E-state index in [0.29, 0.717) is 25.4 Å². The lowest BCUT2D eigenvalue weighted by atomic mass is 10.1. The van der Waals surface area contributed by atoms with Crippen LogP contribution in [0.5, 0.6) is 11.5 Å². The third kappa shape index (κ3) is 4.13. The maximum Gasteiger partial charge on any atom is 0.224 e. The molecule has 1 aliphatic rings. The van der Waals surface area contributed by atoms with E-state index in [9.17, 15) is 4.79 Å². The minimum absolute atomic E-state index is 0.00247. The Balaban J connectivity index is 1.86. The second kappa shape index (κ2) is 6.43. The summed E-state index contributed by atoms with van der Waals surface area (Å²) in [5.41, 5.74) is 6.38. The number of rotatable bonds is 5. The zero-order chi connectivity index (χ0) is 13.7. The van der Waals surface area contributed by atoms with Crippen LogP contribution in [0.2, 0.25) is 0 Å². The number of anilines is 1. The summed E-state index contributed by atoms with van der Waals surface area (Å²) >= 11 is 0. The van der Waals surface area contributed by atoms with Crippen molar-refractivity contribution < 1.29 is 14.3 Å². The summed E-state index contributed by atoms with van der Waals surface area (Å²) in [5.74, 6) is 1.40. The molecule has 0 bridgehead atoms. The van der Waals surface area contributed by atoms with Gasteiger partial charge in [-0.05, 0) is 31.9 Å². The number of benzene rings is 1. The number of hydrogen-bond donors (Lipinski definition) is 2. The van der Waals surface area contributed by atoms with Gasteiger partial charge in [-0.25, -0.2) is 0 Å². The molecule has 1 heterocycles. The van der Waals surface area contributed by atoms with Gasteiger partial charge in [0.15, 0.2) is 11.5 Å². The second-order valence-electron chi connectivity index (χ2n) is 4.78. The largest absolute Gasteiger partial charge is 0.486 e. The molecule has 0 saturated heterocycles. The first-order valence-electron chi connectivity index (χ1n) is 6.60.